The van der Waals surface area contributed by atoms with Gasteiger partial charge in [0.05, 0.1) is 17.2 Å². The zero-order valence-electron chi connectivity index (χ0n) is 6.33. The third-order valence-corrected chi connectivity index (χ3v) is 3.43. The van der Waals surface area contributed by atoms with E-state index in [-0.39, 0.29) is 14.9 Å². The Kier molecular flexibility index (Phi) is 3.18. The van der Waals surface area contributed by atoms with Crippen molar-refractivity contribution in [1.82, 2.24) is 0 Å². The van der Waals surface area contributed by atoms with Crippen molar-refractivity contribution < 1.29 is 12.6 Å². The smallest absolute Gasteiger partial charge is 0.264 e. The Morgan fingerprint density at radius 2 is 1.69 bits per heavy atom. The molecular weight excluding hydrogens is 235 g/mol. The van der Waals surface area contributed by atoms with Crippen LogP contribution in [0.4, 0.5) is 0 Å². The Hall–Kier alpha value is -0.290. The molecule has 0 aliphatic heterocycles. The van der Waals surface area contributed by atoms with Crippen molar-refractivity contribution in [3.8, 4) is 0 Å². The van der Waals surface area contributed by atoms with Crippen molar-refractivity contribution in [3.05, 3.63) is 35.4 Å². The standard InChI is InChI=1S/C7H5Cl2O3S/c1-12-13(10,11)7-5(8)3-2-4-6(7)9/h2-4H,1H2. The van der Waals surface area contributed by atoms with Crippen LogP contribution in [-0.4, -0.2) is 8.42 Å². The second kappa shape index (κ2) is 3.84. The van der Waals surface area contributed by atoms with Gasteiger partial charge in [-0.3, -0.25) is 4.18 Å². The molecule has 3 nitrogen and oxygen atoms in total. The molecule has 0 saturated carbocycles. The average molecular weight is 240 g/mol. The molecule has 0 spiro atoms. The third kappa shape index (κ3) is 2.14. The lowest BCUT2D eigenvalue weighted by Gasteiger charge is -2.04. The van der Waals surface area contributed by atoms with Gasteiger partial charge in [0.2, 0.25) is 0 Å². The second-order valence-electron chi connectivity index (χ2n) is 2.12. The fraction of sp³-hybridized carbons (Fsp3) is 0. The molecule has 1 aromatic rings. The Balaban J connectivity index is 3.46. The van der Waals surface area contributed by atoms with Crippen LogP contribution in [0.3, 0.4) is 0 Å². The minimum Gasteiger partial charge on any atom is -0.264 e. The molecule has 13 heavy (non-hydrogen) atoms. The summed E-state index contributed by atoms with van der Waals surface area (Å²) in [6.45, 7) is 0. The van der Waals surface area contributed by atoms with E-state index in [4.69, 9.17) is 23.2 Å². The molecule has 6 heteroatoms. The lowest BCUT2D eigenvalue weighted by Crippen LogP contribution is -2.03. The van der Waals surface area contributed by atoms with E-state index >= 15 is 0 Å². The molecule has 1 aromatic carbocycles. The van der Waals surface area contributed by atoms with Crippen molar-refractivity contribution in [2.75, 3.05) is 0 Å². The summed E-state index contributed by atoms with van der Waals surface area (Å²) in [4.78, 5) is -0.256. The highest BCUT2D eigenvalue weighted by Crippen LogP contribution is 2.29. The molecule has 0 unspecified atom stereocenters. The van der Waals surface area contributed by atoms with Crippen LogP contribution < -0.4 is 0 Å². The van der Waals surface area contributed by atoms with Gasteiger partial charge in [0, 0.05) is 0 Å². The monoisotopic (exact) mass is 239 g/mol. The van der Waals surface area contributed by atoms with Gasteiger partial charge in [0.1, 0.15) is 4.90 Å². The summed E-state index contributed by atoms with van der Waals surface area (Å²) in [7, 11) is -1.12. The van der Waals surface area contributed by atoms with E-state index in [9.17, 15) is 8.42 Å². The van der Waals surface area contributed by atoms with E-state index in [1.54, 1.807) is 0 Å². The summed E-state index contributed by atoms with van der Waals surface area (Å²) in [6.07, 6.45) is 0. The first kappa shape index (κ1) is 10.8. The van der Waals surface area contributed by atoms with Crippen LogP contribution in [0.5, 0.6) is 0 Å². The van der Waals surface area contributed by atoms with Crippen molar-refractivity contribution in [2.45, 2.75) is 4.90 Å². The Morgan fingerprint density at radius 1 is 1.23 bits per heavy atom. The second-order valence-corrected chi connectivity index (χ2v) is 4.49. The molecule has 71 valence electrons. The van der Waals surface area contributed by atoms with E-state index in [1.807, 2.05) is 0 Å². The molecule has 0 fully saturated rings. The number of rotatable bonds is 2. The van der Waals surface area contributed by atoms with Gasteiger partial charge >= 0.3 is 0 Å². The van der Waals surface area contributed by atoms with Crippen LogP contribution in [0.1, 0.15) is 0 Å². The molecule has 0 heterocycles. The summed E-state index contributed by atoms with van der Waals surface area (Å²) in [5.74, 6) is 0. The summed E-state index contributed by atoms with van der Waals surface area (Å²) >= 11 is 11.2. The topological polar surface area (TPSA) is 43.4 Å². The third-order valence-electron chi connectivity index (χ3n) is 1.32. The first-order valence-electron chi connectivity index (χ1n) is 3.11. The molecule has 0 aromatic heterocycles. The van der Waals surface area contributed by atoms with Crippen LogP contribution >= 0.6 is 23.2 Å². The van der Waals surface area contributed by atoms with Crippen LogP contribution in [-0.2, 0) is 14.3 Å². The predicted molar refractivity (Wildman–Crippen MR) is 50.1 cm³/mol. The fourth-order valence-electron chi connectivity index (χ4n) is 0.780. The minimum absolute atomic E-state index is 0.0103. The number of halogens is 2. The normalized spacial score (nSPS) is 11.6. The highest BCUT2D eigenvalue weighted by Gasteiger charge is 2.20. The first-order chi connectivity index (χ1) is 5.99. The van der Waals surface area contributed by atoms with Gasteiger partial charge in [0.15, 0.2) is 0 Å². The molecular formula is C7H5Cl2O3S. The van der Waals surface area contributed by atoms with Crippen LogP contribution in [0, 0.1) is 7.11 Å². The Labute approximate surface area is 86.4 Å². The molecule has 0 atom stereocenters. The van der Waals surface area contributed by atoms with Crippen molar-refractivity contribution >= 4 is 33.3 Å². The average Bonchev–Trinajstić information content (AvgIpc) is 2.03. The summed E-state index contributed by atoms with van der Waals surface area (Å²) in [6, 6.07) is 4.34. The molecule has 0 aliphatic carbocycles. The Morgan fingerprint density at radius 3 is 2.08 bits per heavy atom. The van der Waals surface area contributed by atoms with E-state index in [2.05, 4.69) is 11.3 Å². The molecule has 0 bridgehead atoms. The summed E-state index contributed by atoms with van der Waals surface area (Å²) < 4.78 is 26.4. The number of hydrogen-bond donors (Lipinski definition) is 0. The zero-order valence-corrected chi connectivity index (χ0v) is 8.66. The molecule has 1 rings (SSSR count). The van der Waals surface area contributed by atoms with Gasteiger partial charge in [-0.05, 0) is 12.1 Å². The van der Waals surface area contributed by atoms with Crippen molar-refractivity contribution in [2.24, 2.45) is 0 Å². The number of hydrogen-bond acceptors (Lipinski definition) is 3. The van der Waals surface area contributed by atoms with Gasteiger partial charge in [-0.1, -0.05) is 29.3 Å². The molecule has 0 amide bonds. The maximum atomic E-state index is 11.2. The first-order valence-corrected chi connectivity index (χ1v) is 5.28. The number of benzene rings is 1. The largest absolute Gasteiger partial charge is 0.300 e. The highest BCUT2D eigenvalue weighted by atomic mass is 35.5. The molecule has 0 aliphatic rings. The maximum absolute atomic E-state index is 11.2. The minimum atomic E-state index is -3.93. The predicted octanol–water partition coefficient (Wildman–Crippen LogP) is 2.49. The maximum Gasteiger partial charge on any atom is 0.300 e. The van der Waals surface area contributed by atoms with E-state index in [1.165, 1.54) is 18.2 Å². The fourth-order valence-corrected chi connectivity index (χ4v) is 2.48. The Bertz CT molecular complexity index is 393. The molecule has 1 radical (unpaired) electrons. The van der Waals surface area contributed by atoms with Crippen molar-refractivity contribution in [3.63, 3.8) is 0 Å². The lowest BCUT2D eigenvalue weighted by molar-refractivity contribution is 0.438. The highest BCUT2D eigenvalue weighted by molar-refractivity contribution is 7.87. The van der Waals surface area contributed by atoms with Gasteiger partial charge in [-0.2, -0.15) is 8.42 Å². The summed E-state index contributed by atoms with van der Waals surface area (Å²) in [5.41, 5.74) is 0. The van der Waals surface area contributed by atoms with Gasteiger partial charge < -0.3 is 0 Å². The molecule has 0 saturated heterocycles. The SMILES string of the molecule is [CH2]OS(=O)(=O)c1c(Cl)cccc1Cl. The van der Waals surface area contributed by atoms with Gasteiger partial charge in [-0.15, -0.1) is 0 Å². The summed E-state index contributed by atoms with van der Waals surface area (Å²) in [5, 5.41) is 0.0206. The van der Waals surface area contributed by atoms with Gasteiger partial charge in [-0.25, -0.2) is 0 Å². The van der Waals surface area contributed by atoms with Crippen LogP contribution in [0.2, 0.25) is 10.0 Å². The van der Waals surface area contributed by atoms with Gasteiger partial charge in [0.25, 0.3) is 10.1 Å². The van der Waals surface area contributed by atoms with E-state index in [0.717, 1.165) is 0 Å². The quantitative estimate of drug-likeness (QED) is 0.746. The molecule has 0 N–H and O–H groups in total. The van der Waals surface area contributed by atoms with E-state index in [0.29, 0.717) is 0 Å². The van der Waals surface area contributed by atoms with Crippen LogP contribution in [0.25, 0.3) is 0 Å². The lowest BCUT2D eigenvalue weighted by atomic mass is 10.4. The van der Waals surface area contributed by atoms with E-state index < -0.39 is 10.1 Å². The zero-order chi connectivity index (χ0) is 10.1. The van der Waals surface area contributed by atoms with Crippen LogP contribution in [0.15, 0.2) is 23.1 Å². The van der Waals surface area contributed by atoms with Crippen molar-refractivity contribution in [1.29, 1.82) is 0 Å².